The van der Waals surface area contributed by atoms with E-state index in [1.54, 1.807) is 6.08 Å². The number of benzene rings is 5. The number of nitrogens with zero attached hydrogens (tertiary/aromatic N) is 5. The summed E-state index contributed by atoms with van der Waals surface area (Å²) < 4.78 is 4.40. The average molecular weight is 652 g/mol. The summed E-state index contributed by atoms with van der Waals surface area (Å²) in [4.78, 5) is 0. The molecule has 51 heavy (non-hydrogen) atoms. The molecule has 0 spiro atoms. The lowest BCUT2D eigenvalue weighted by atomic mass is 9.83. The number of rotatable bonds is 5. The fourth-order valence-corrected chi connectivity index (χ4v) is 7.61. The first kappa shape index (κ1) is 31.0. The topological polar surface area (TPSA) is 81.2 Å². The molecule has 1 aliphatic carbocycles. The van der Waals surface area contributed by atoms with E-state index in [1.807, 2.05) is 78.9 Å². The highest BCUT2D eigenvalue weighted by molar-refractivity contribution is 6.10. The highest BCUT2D eigenvalue weighted by atomic mass is 15.0. The van der Waals surface area contributed by atoms with Gasteiger partial charge in [-0.25, -0.2) is 0 Å². The lowest BCUT2D eigenvalue weighted by molar-refractivity contribution is 0.808. The third-order valence-electron chi connectivity index (χ3n) is 9.98. The molecule has 1 atom stereocenters. The van der Waals surface area contributed by atoms with Crippen molar-refractivity contribution in [3.8, 4) is 47.4 Å². The fraction of sp³-hybridized carbons (Fsp3) is 0.0652. The second kappa shape index (κ2) is 12.6. The Bertz CT molecular complexity index is 2830. The molecular weight excluding hydrogens is 623 g/mol. The van der Waals surface area contributed by atoms with Crippen LogP contribution in [0.3, 0.4) is 0 Å². The zero-order valence-corrected chi connectivity index (χ0v) is 27.8. The molecule has 0 aliphatic heterocycles. The van der Waals surface area contributed by atoms with E-state index in [0.29, 0.717) is 23.1 Å². The fourth-order valence-electron chi connectivity index (χ4n) is 7.61. The van der Waals surface area contributed by atoms with Crippen LogP contribution in [0.15, 0.2) is 133 Å². The summed E-state index contributed by atoms with van der Waals surface area (Å²) in [5, 5.41) is 33.4. The van der Waals surface area contributed by atoms with Crippen LogP contribution < -0.4 is 0 Å². The number of allylic oxidation sites excluding steroid dienone is 5. The molecule has 0 saturated heterocycles. The van der Waals surface area contributed by atoms with Gasteiger partial charge < -0.3 is 9.13 Å². The van der Waals surface area contributed by atoms with E-state index in [1.165, 1.54) is 0 Å². The Hall–Kier alpha value is -7.31. The first-order valence-electron chi connectivity index (χ1n) is 16.7. The van der Waals surface area contributed by atoms with Gasteiger partial charge in [0, 0.05) is 38.9 Å². The second-order valence-electron chi connectivity index (χ2n) is 12.6. The summed E-state index contributed by atoms with van der Waals surface area (Å²) in [6, 6.07) is 43.6. The van der Waals surface area contributed by atoms with Crippen molar-refractivity contribution in [1.29, 1.82) is 15.8 Å². The summed E-state index contributed by atoms with van der Waals surface area (Å²) >= 11 is 0. The molecule has 5 aromatic carbocycles. The van der Waals surface area contributed by atoms with Gasteiger partial charge in [0.15, 0.2) is 0 Å². The smallest absolute Gasteiger partial charge is 0.101 e. The largest absolute Gasteiger partial charge is 0.313 e. The first-order chi connectivity index (χ1) is 25.1. The van der Waals surface area contributed by atoms with Gasteiger partial charge in [0.2, 0.25) is 0 Å². The Labute approximate surface area is 296 Å². The molecular formula is C46H29N5. The van der Waals surface area contributed by atoms with Crippen LogP contribution in [0.4, 0.5) is 0 Å². The van der Waals surface area contributed by atoms with E-state index in [4.69, 9.17) is 6.42 Å². The number of terminal acetylenes is 1. The van der Waals surface area contributed by atoms with E-state index in [2.05, 4.69) is 88.7 Å². The molecule has 8 rings (SSSR count). The maximum absolute atomic E-state index is 10.4. The van der Waals surface area contributed by atoms with Crippen LogP contribution in [-0.4, -0.2) is 9.13 Å². The van der Waals surface area contributed by atoms with Crippen molar-refractivity contribution in [3.05, 3.63) is 161 Å². The molecule has 1 unspecified atom stereocenters. The van der Waals surface area contributed by atoms with Gasteiger partial charge in [0.25, 0.3) is 0 Å². The Morgan fingerprint density at radius 1 is 0.706 bits per heavy atom. The van der Waals surface area contributed by atoms with E-state index in [9.17, 15) is 15.8 Å². The number of nitriles is 3. The molecule has 0 N–H and O–H groups in total. The molecule has 0 amide bonds. The molecule has 2 heterocycles. The highest BCUT2D eigenvalue weighted by Crippen LogP contribution is 2.42. The summed E-state index contributed by atoms with van der Waals surface area (Å²) in [7, 11) is 0. The second-order valence-corrected chi connectivity index (χ2v) is 12.6. The maximum Gasteiger partial charge on any atom is 0.101 e. The molecule has 0 bridgehead atoms. The third kappa shape index (κ3) is 5.02. The zero-order chi connectivity index (χ0) is 35.1. The predicted octanol–water partition coefficient (Wildman–Crippen LogP) is 10.6. The van der Waals surface area contributed by atoms with Gasteiger partial charge in [0.05, 0.1) is 51.2 Å². The zero-order valence-electron chi connectivity index (χ0n) is 27.8. The van der Waals surface area contributed by atoms with Crippen molar-refractivity contribution >= 4 is 44.5 Å². The Morgan fingerprint density at radius 2 is 1.43 bits per heavy atom. The van der Waals surface area contributed by atoms with E-state index >= 15 is 0 Å². The molecule has 0 radical (unpaired) electrons. The lowest BCUT2D eigenvalue weighted by Gasteiger charge is -2.24. The molecule has 0 fully saturated rings. The van der Waals surface area contributed by atoms with Gasteiger partial charge in [-0.3, -0.25) is 0 Å². The molecule has 0 saturated carbocycles. The van der Waals surface area contributed by atoms with Gasteiger partial charge in [-0.2, -0.15) is 15.8 Å². The van der Waals surface area contributed by atoms with Crippen molar-refractivity contribution in [2.24, 2.45) is 0 Å². The third-order valence-corrected chi connectivity index (χ3v) is 9.98. The molecule has 5 heteroatoms. The Balaban J connectivity index is 1.22. The van der Waals surface area contributed by atoms with Crippen molar-refractivity contribution in [2.75, 3.05) is 0 Å². The van der Waals surface area contributed by atoms with Gasteiger partial charge in [0.1, 0.15) is 6.07 Å². The van der Waals surface area contributed by atoms with Crippen LogP contribution in [0.25, 0.3) is 61.3 Å². The van der Waals surface area contributed by atoms with E-state index < -0.39 is 0 Å². The van der Waals surface area contributed by atoms with Crippen LogP contribution >= 0.6 is 0 Å². The predicted molar refractivity (Wildman–Crippen MR) is 206 cm³/mol. The number of para-hydroxylation sites is 3. The number of hydrogen-bond acceptors (Lipinski definition) is 3. The first-order valence-corrected chi connectivity index (χ1v) is 16.7. The minimum absolute atomic E-state index is 0.153. The van der Waals surface area contributed by atoms with Crippen LogP contribution in [0.2, 0.25) is 0 Å². The van der Waals surface area contributed by atoms with Crippen molar-refractivity contribution in [2.45, 2.75) is 19.3 Å². The van der Waals surface area contributed by atoms with Gasteiger partial charge >= 0.3 is 0 Å². The quantitative estimate of drug-likeness (QED) is 0.174. The van der Waals surface area contributed by atoms with Gasteiger partial charge in [-0.15, -0.1) is 6.42 Å². The summed E-state index contributed by atoms with van der Waals surface area (Å²) in [6.45, 7) is 2.08. The minimum Gasteiger partial charge on any atom is -0.313 e. The molecule has 7 aromatic rings. The SMILES string of the molecule is C#C/C=C\c1c(C)c2ccccc2n1-c1c(C#N)cccc1-c1ccc(C2CC(n3c4ccccc4c4cc(C#N)ccc43)=CC=C2C#N)cc1. The van der Waals surface area contributed by atoms with Crippen molar-refractivity contribution in [1.82, 2.24) is 9.13 Å². The number of fused-ring (bicyclic) bond motifs is 4. The normalized spacial score (nSPS) is 14.2. The van der Waals surface area contributed by atoms with Crippen LogP contribution in [0, 0.1) is 53.3 Å². The average Bonchev–Trinajstić information content (AvgIpc) is 3.67. The van der Waals surface area contributed by atoms with Crippen LogP contribution in [0.1, 0.15) is 40.3 Å². The van der Waals surface area contributed by atoms with Crippen LogP contribution in [0.5, 0.6) is 0 Å². The lowest BCUT2D eigenvalue weighted by Crippen LogP contribution is -2.10. The van der Waals surface area contributed by atoms with Crippen molar-refractivity contribution in [3.63, 3.8) is 0 Å². The number of hydrogen-bond donors (Lipinski definition) is 0. The summed E-state index contributed by atoms with van der Waals surface area (Å²) in [6.07, 6.45) is 13.9. The number of aromatic nitrogens is 2. The minimum atomic E-state index is -0.153. The molecule has 2 aromatic heterocycles. The van der Waals surface area contributed by atoms with E-state index in [-0.39, 0.29) is 5.92 Å². The molecule has 5 nitrogen and oxygen atoms in total. The van der Waals surface area contributed by atoms with Gasteiger partial charge in [-0.05, 0) is 90.7 Å². The Kier molecular flexibility index (Phi) is 7.67. The van der Waals surface area contributed by atoms with Crippen LogP contribution in [-0.2, 0) is 0 Å². The molecule has 238 valence electrons. The maximum atomic E-state index is 10.4. The molecule has 1 aliphatic rings. The van der Waals surface area contributed by atoms with Crippen molar-refractivity contribution < 1.29 is 0 Å². The van der Waals surface area contributed by atoms with E-state index in [0.717, 1.165) is 72.0 Å². The monoisotopic (exact) mass is 651 g/mol. The standard InChI is InChI=1S/C46H29N5/c1-3-4-14-42-30(2)37-11-5-7-15-43(37)51(42)46-35(29-49)10-9-13-38(46)32-18-20-33(21-19-32)40-26-36(23-22-34(40)28-48)50-44-16-8-6-12-39(44)41-25-31(27-47)17-24-45(41)50/h1,4-25,40H,26H2,2H3/b14-4-. The summed E-state index contributed by atoms with van der Waals surface area (Å²) in [5.41, 5.74) is 11.7. The van der Waals surface area contributed by atoms with Gasteiger partial charge in [-0.1, -0.05) is 78.7 Å². The summed E-state index contributed by atoms with van der Waals surface area (Å²) in [5.74, 6) is 2.46. The Morgan fingerprint density at radius 3 is 2.16 bits per heavy atom. The number of aryl methyl sites for hydroxylation is 1. The highest BCUT2D eigenvalue weighted by Gasteiger charge is 2.25.